The molecule has 0 atom stereocenters. The number of nitrogens with zero attached hydrogens (tertiary/aromatic N) is 6. The second kappa shape index (κ2) is 17.5. The third-order valence-corrected chi connectivity index (χ3v) is 1.53. The molecule has 0 rings (SSSR count). The normalized spacial score (nSPS) is 12.0. The van der Waals surface area contributed by atoms with E-state index in [1.807, 2.05) is 13.8 Å². The summed E-state index contributed by atoms with van der Waals surface area (Å²) in [5, 5.41) is 36.2. The molecular formula is C11H24N10. The first-order valence-electron chi connectivity index (χ1n) is 6.53. The summed E-state index contributed by atoms with van der Waals surface area (Å²) < 4.78 is 0. The molecule has 0 aliphatic heterocycles. The Hall–Kier alpha value is -2.52. The summed E-state index contributed by atoms with van der Waals surface area (Å²) in [6, 6.07) is 0. The van der Waals surface area contributed by atoms with Crippen molar-refractivity contribution in [1.82, 2.24) is 10.9 Å². The second-order valence-corrected chi connectivity index (χ2v) is 3.15. The zero-order chi connectivity index (χ0) is 16.3. The van der Waals surface area contributed by atoms with Gasteiger partial charge in [0.15, 0.2) is 11.7 Å². The molecule has 0 heterocycles. The molecule has 10 nitrogen and oxygen atoms in total. The maximum absolute atomic E-state index is 6.70. The summed E-state index contributed by atoms with van der Waals surface area (Å²) in [5.74, 6) is 0.900. The highest BCUT2D eigenvalue weighted by Gasteiger charge is 1.87. The van der Waals surface area contributed by atoms with Gasteiger partial charge < -0.3 is 0 Å². The highest BCUT2D eigenvalue weighted by Crippen LogP contribution is 1.88. The lowest BCUT2D eigenvalue weighted by Crippen LogP contribution is -2.03. The molecular weight excluding hydrogens is 272 g/mol. The van der Waals surface area contributed by atoms with Gasteiger partial charge in [0.25, 0.3) is 0 Å². The first kappa shape index (κ1) is 20.8. The van der Waals surface area contributed by atoms with Gasteiger partial charge in [0, 0.05) is 0 Å². The van der Waals surface area contributed by atoms with Crippen molar-refractivity contribution < 1.29 is 0 Å². The number of hydrazone groups is 2. The van der Waals surface area contributed by atoms with Gasteiger partial charge in [-0.25, -0.2) is 0 Å². The molecule has 0 aromatic carbocycles. The summed E-state index contributed by atoms with van der Waals surface area (Å²) in [7, 11) is 0. The van der Waals surface area contributed by atoms with Gasteiger partial charge >= 0.3 is 0 Å². The van der Waals surface area contributed by atoms with Crippen molar-refractivity contribution in [3.05, 3.63) is 0 Å². The van der Waals surface area contributed by atoms with Crippen LogP contribution in [0.15, 0.2) is 30.7 Å². The van der Waals surface area contributed by atoms with E-state index in [4.69, 9.17) is 10.8 Å². The molecule has 0 saturated carbocycles. The highest BCUT2D eigenvalue weighted by atomic mass is 15.3. The van der Waals surface area contributed by atoms with Gasteiger partial charge in [-0.3, -0.25) is 21.7 Å². The predicted molar refractivity (Wildman–Crippen MR) is 85.5 cm³/mol. The van der Waals surface area contributed by atoms with Gasteiger partial charge in [0.05, 0.1) is 25.8 Å². The largest absolute Gasteiger partial charge is 0.290 e. The minimum atomic E-state index is 0.450. The third-order valence-electron chi connectivity index (χ3n) is 1.53. The zero-order valence-electron chi connectivity index (χ0n) is 13.0. The molecule has 0 fully saturated rings. The molecule has 0 amide bonds. The highest BCUT2D eigenvalue weighted by molar-refractivity contribution is 5.80. The number of azo groups is 2. The second-order valence-electron chi connectivity index (χ2n) is 3.15. The molecule has 0 radical (unpaired) electrons. The average Bonchev–Trinajstić information content (AvgIpc) is 2.51. The van der Waals surface area contributed by atoms with Crippen molar-refractivity contribution in [1.29, 1.82) is 10.8 Å². The summed E-state index contributed by atoms with van der Waals surface area (Å²) in [6.45, 7) is 8.39. The quantitative estimate of drug-likeness (QED) is 0.179. The van der Waals surface area contributed by atoms with Crippen molar-refractivity contribution in [2.75, 3.05) is 13.1 Å². The van der Waals surface area contributed by atoms with E-state index in [9.17, 15) is 0 Å². The summed E-state index contributed by atoms with van der Waals surface area (Å²) >= 11 is 0. The number of nitrogens with one attached hydrogen (secondary N) is 4. The lowest BCUT2D eigenvalue weighted by molar-refractivity contribution is 0.790. The molecule has 0 saturated heterocycles. The molecule has 0 aliphatic rings. The van der Waals surface area contributed by atoms with Crippen LogP contribution in [-0.4, -0.2) is 37.4 Å². The minimum Gasteiger partial charge on any atom is -0.290 e. The molecule has 0 unspecified atom stereocenters. The molecule has 118 valence electrons. The Bertz CT molecular complexity index is 346. The molecule has 0 bridgehead atoms. The van der Waals surface area contributed by atoms with E-state index in [1.54, 1.807) is 13.8 Å². The van der Waals surface area contributed by atoms with Crippen molar-refractivity contribution in [3.63, 3.8) is 0 Å². The van der Waals surface area contributed by atoms with Gasteiger partial charge in [-0.1, -0.05) is 13.8 Å². The maximum Gasteiger partial charge on any atom is 0.167 e. The molecule has 0 aromatic heterocycles. The van der Waals surface area contributed by atoms with Crippen LogP contribution in [-0.2, 0) is 0 Å². The molecule has 0 aromatic rings. The number of hydrogen-bond acceptors (Lipinski definition) is 6. The fraction of sp³-hybridized carbons (Fsp3) is 0.636. The van der Waals surface area contributed by atoms with Gasteiger partial charge in [-0.2, -0.15) is 20.4 Å². The van der Waals surface area contributed by atoms with Gasteiger partial charge in [0.2, 0.25) is 0 Å². The number of hydrogen-bond donors (Lipinski definition) is 4. The van der Waals surface area contributed by atoms with Gasteiger partial charge in [-0.05, 0) is 20.3 Å². The Morgan fingerprint density at radius 1 is 0.857 bits per heavy atom. The monoisotopic (exact) mass is 296 g/mol. The van der Waals surface area contributed by atoms with Gasteiger partial charge in [0.1, 0.15) is 0 Å². The fourth-order valence-electron chi connectivity index (χ4n) is 0.813. The lowest BCUT2D eigenvalue weighted by atomic mass is 10.4. The van der Waals surface area contributed by atoms with E-state index in [1.165, 1.54) is 0 Å². The Morgan fingerprint density at radius 2 is 1.24 bits per heavy atom. The average molecular weight is 296 g/mol. The van der Waals surface area contributed by atoms with Crippen LogP contribution in [0.3, 0.4) is 0 Å². The molecule has 0 spiro atoms. The van der Waals surface area contributed by atoms with E-state index in [2.05, 4.69) is 41.5 Å². The van der Waals surface area contributed by atoms with E-state index in [-0.39, 0.29) is 0 Å². The summed E-state index contributed by atoms with van der Waals surface area (Å²) in [6.07, 6.45) is 2.62. The predicted octanol–water partition coefficient (Wildman–Crippen LogP) is 2.37. The van der Waals surface area contributed by atoms with Crippen molar-refractivity contribution >= 4 is 24.3 Å². The van der Waals surface area contributed by atoms with Crippen LogP contribution >= 0.6 is 0 Å². The topological polar surface area (TPSA) is 146 Å². The fourth-order valence-corrected chi connectivity index (χ4v) is 0.813. The lowest BCUT2D eigenvalue weighted by Gasteiger charge is -1.92. The van der Waals surface area contributed by atoms with E-state index >= 15 is 0 Å². The number of rotatable bonds is 8. The first-order chi connectivity index (χ1) is 10.2. The maximum atomic E-state index is 6.70. The summed E-state index contributed by atoms with van der Waals surface area (Å²) in [4.78, 5) is 0. The molecule has 0 aliphatic carbocycles. The smallest absolute Gasteiger partial charge is 0.167 e. The van der Waals surface area contributed by atoms with Crippen LogP contribution in [0.5, 0.6) is 0 Å². The van der Waals surface area contributed by atoms with Crippen molar-refractivity contribution in [2.24, 2.45) is 30.7 Å². The van der Waals surface area contributed by atoms with Crippen LogP contribution in [0.25, 0.3) is 0 Å². The van der Waals surface area contributed by atoms with Crippen LogP contribution in [0.1, 0.15) is 34.1 Å². The Morgan fingerprint density at radius 3 is 1.57 bits per heavy atom. The minimum absolute atomic E-state index is 0.450. The van der Waals surface area contributed by atoms with Crippen LogP contribution < -0.4 is 10.9 Å². The molecule has 4 N–H and O–H groups in total. The third kappa shape index (κ3) is 17.5. The standard InChI is InChI=1S/C9H18N10.C2H6/c1-8(18-14-6-10)16-12-4-3-5-13-17-9(2)19-15-7-11;1-2/h6-7H,3-5H2,1-2H3,(H2,10,14)(H2,11,15);1-2H3/b16-12?,17-13?,18-8-,19-9-;. The van der Waals surface area contributed by atoms with Crippen LogP contribution in [0, 0.1) is 10.8 Å². The Balaban J connectivity index is 0. The van der Waals surface area contributed by atoms with E-state index < -0.39 is 0 Å². The molecule has 10 heteroatoms. The number of amidine groups is 2. The van der Waals surface area contributed by atoms with Crippen molar-refractivity contribution in [3.8, 4) is 0 Å². The Labute approximate surface area is 124 Å². The first-order valence-corrected chi connectivity index (χ1v) is 6.53. The SMILES string of the molecule is C/C(N=NCCCN=N/C(C)=N\NC=N)=N/NC=N.CC. The van der Waals surface area contributed by atoms with Crippen LogP contribution in [0.4, 0.5) is 0 Å². The van der Waals surface area contributed by atoms with Gasteiger partial charge in [-0.15, -0.1) is 10.2 Å². The summed E-state index contributed by atoms with van der Waals surface area (Å²) in [5.41, 5.74) is 4.69. The van der Waals surface area contributed by atoms with E-state index in [0.717, 1.165) is 12.7 Å². The van der Waals surface area contributed by atoms with E-state index in [0.29, 0.717) is 31.2 Å². The zero-order valence-corrected chi connectivity index (χ0v) is 13.0. The molecule has 21 heavy (non-hydrogen) atoms. The Kier molecular flexibility index (Phi) is 17.3. The van der Waals surface area contributed by atoms with Crippen LogP contribution in [0.2, 0.25) is 0 Å². The van der Waals surface area contributed by atoms with Crippen molar-refractivity contribution in [2.45, 2.75) is 34.1 Å².